The lowest BCUT2D eigenvalue weighted by Crippen LogP contribution is -2.52. The van der Waals surface area contributed by atoms with E-state index in [4.69, 9.17) is 9.47 Å². The molecule has 1 aromatic rings. The number of carbonyl (C=O) groups is 2. The quantitative estimate of drug-likeness (QED) is 0.581. The highest BCUT2D eigenvalue weighted by atomic mass is 32.2. The Kier molecular flexibility index (Phi) is 8.55. The normalized spacial score (nSPS) is 19.8. The summed E-state index contributed by atoms with van der Waals surface area (Å²) in [4.78, 5) is 25.6. The average Bonchev–Trinajstić information content (AvgIpc) is 3.14. The zero-order valence-electron chi connectivity index (χ0n) is 19.8. The van der Waals surface area contributed by atoms with Crippen LogP contribution in [-0.2, 0) is 19.6 Å². The van der Waals surface area contributed by atoms with Crippen LogP contribution in [-0.4, -0.2) is 56.4 Å². The average molecular weight is 492 g/mol. The number of hydrogen-bond donors (Lipinski definition) is 1. The number of carbonyl (C=O) groups excluding carboxylic acids is 2. The molecule has 9 nitrogen and oxygen atoms in total. The monoisotopic (exact) mass is 491 g/mol. The van der Waals surface area contributed by atoms with Crippen molar-refractivity contribution in [3.63, 3.8) is 0 Å². The molecule has 1 saturated heterocycles. The van der Waals surface area contributed by atoms with Gasteiger partial charge in [0.05, 0.1) is 18.1 Å². The predicted molar refractivity (Wildman–Crippen MR) is 125 cm³/mol. The van der Waals surface area contributed by atoms with Crippen LogP contribution in [0.25, 0.3) is 0 Å². The molecule has 0 bridgehead atoms. The van der Waals surface area contributed by atoms with Crippen molar-refractivity contribution in [2.75, 3.05) is 20.2 Å². The number of ether oxygens (including phenoxy) is 2. The minimum atomic E-state index is -3.79. The van der Waals surface area contributed by atoms with Crippen LogP contribution in [0.2, 0.25) is 0 Å². The van der Waals surface area contributed by atoms with E-state index in [1.54, 1.807) is 0 Å². The van der Waals surface area contributed by atoms with E-state index in [0.29, 0.717) is 25.9 Å². The number of methoxy groups -OCH3 is 1. The van der Waals surface area contributed by atoms with E-state index < -0.39 is 33.5 Å². The fourth-order valence-corrected chi connectivity index (χ4v) is 6.02. The molecule has 10 heteroatoms. The molecule has 0 spiro atoms. The van der Waals surface area contributed by atoms with Crippen molar-refractivity contribution in [3.05, 3.63) is 23.8 Å². The maximum absolute atomic E-state index is 13.2. The van der Waals surface area contributed by atoms with Crippen molar-refractivity contribution >= 4 is 21.9 Å². The van der Waals surface area contributed by atoms with Crippen molar-refractivity contribution in [1.82, 2.24) is 9.62 Å². The first-order valence-corrected chi connectivity index (χ1v) is 13.3. The lowest BCUT2D eigenvalue weighted by molar-refractivity contribution is -0.130. The van der Waals surface area contributed by atoms with Gasteiger partial charge < -0.3 is 14.8 Å². The number of rotatable bonds is 7. The molecule has 34 heavy (non-hydrogen) atoms. The molecule has 2 fully saturated rings. The molecule has 1 heterocycles. The van der Waals surface area contributed by atoms with Crippen molar-refractivity contribution in [3.8, 4) is 11.8 Å². The third-order valence-corrected chi connectivity index (χ3v) is 8.42. The van der Waals surface area contributed by atoms with E-state index in [-0.39, 0.29) is 16.2 Å². The highest BCUT2D eigenvalue weighted by molar-refractivity contribution is 7.89. The number of nitrogens with one attached hydrogen (secondary N) is 1. The van der Waals surface area contributed by atoms with Crippen LogP contribution in [0, 0.1) is 11.3 Å². The Morgan fingerprint density at radius 2 is 1.71 bits per heavy atom. The first-order valence-electron chi connectivity index (χ1n) is 11.8. The Balaban J connectivity index is 1.77. The van der Waals surface area contributed by atoms with Crippen molar-refractivity contribution in [2.45, 2.75) is 81.2 Å². The fraction of sp³-hybridized carbons (Fsp3) is 0.625. The molecule has 1 aliphatic heterocycles. The second-order valence-electron chi connectivity index (χ2n) is 8.97. The molecule has 0 aromatic heterocycles. The third kappa shape index (κ3) is 5.88. The maximum Gasteiger partial charge on any atom is 0.342 e. The van der Waals surface area contributed by atoms with Gasteiger partial charge in [0, 0.05) is 13.1 Å². The smallest absolute Gasteiger partial charge is 0.342 e. The van der Waals surface area contributed by atoms with Crippen LogP contribution in [0.5, 0.6) is 5.75 Å². The van der Waals surface area contributed by atoms with E-state index in [1.807, 2.05) is 0 Å². The molecule has 1 atom stereocenters. The van der Waals surface area contributed by atoms with Gasteiger partial charge in [-0.3, -0.25) is 4.79 Å². The highest BCUT2D eigenvalue weighted by Gasteiger charge is 2.36. The zero-order chi connectivity index (χ0) is 24.8. The summed E-state index contributed by atoms with van der Waals surface area (Å²) in [6.45, 7) is 2.30. The molecule has 1 saturated carbocycles. The molecule has 186 valence electrons. The first kappa shape index (κ1) is 26.0. The lowest BCUT2D eigenvalue weighted by atomic mass is 9.83. The second-order valence-corrected chi connectivity index (χ2v) is 10.9. The summed E-state index contributed by atoms with van der Waals surface area (Å²) < 4.78 is 38.4. The minimum absolute atomic E-state index is 0.0232. The van der Waals surface area contributed by atoms with E-state index in [9.17, 15) is 23.3 Å². The Morgan fingerprint density at radius 3 is 2.29 bits per heavy atom. The Bertz CT molecular complexity index is 1040. The van der Waals surface area contributed by atoms with Gasteiger partial charge in [-0.05, 0) is 50.8 Å². The number of hydrogen-bond acceptors (Lipinski definition) is 7. The summed E-state index contributed by atoms with van der Waals surface area (Å²) >= 11 is 0. The number of nitrogens with zero attached hydrogens (tertiary/aromatic N) is 2. The number of esters is 1. The summed E-state index contributed by atoms with van der Waals surface area (Å²) in [6.07, 6.45) is 6.20. The van der Waals surface area contributed by atoms with Crippen LogP contribution in [0.3, 0.4) is 0 Å². The van der Waals surface area contributed by atoms with Crippen molar-refractivity contribution < 1.29 is 27.5 Å². The number of benzene rings is 1. The molecule has 1 aromatic carbocycles. The Labute approximate surface area is 201 Å². The third-order valence-electron chi connectivity index (χ3n) is 6.53. The SMILES string of the molecule is COc1ccc(S(=O)(=O)N2CCCCCC2)cc1C(=O)OC(C)C(=O)NC1(C#N)CCCCC1. The second kappa shape index (κ2) is 11.2. The molecule has 3 rings (SSSR count). The molecular weight excluding hydrogens is 458 g/mol. The van der Waals surface area contributed by atoms with Crippen LogP contribution >= 0.6 is 0 Å². The standard InChI is InChI=1S/C24H33N3O6S/c1-18(22(28)26-24(17-25)12-6-5-7-13-24)33-23(29)20-16-19(10-11-21(20)32-2)34(30,31)27-14-8-3-4-9-15-27/h10-11,16,18H,3-9,12-15H2,1-2H3,(H,26,28). The summed E-state index contributed by atoms with van der Waals surface area (Å²) in [6, 6.07) is 6.27. The Hall–Kier alpha value is -2.64. The van der Waals surface area contributed by atoms with Gasteiger partial charge in [0.1, 0.15) is 16.9 Å². The minimum Gasteiger partial charge on any atom is -0.496 e. The van der Waals surface area contributed by atoms with Gasteiger partial charge in [-0.1, -0.05) is 32.1 Å². The molecule has 1 amide bonds. The van der Waals surface area contributed by atoms with Gasteiger partial charge in [-0.25, -0.2) is 13.2 Å². The molecule has 1 aliphatic carbocycles. The lowest BCUT2D eigenvalue weighted by Gasteiger charge is -2.32. The van der Waals surface area contributed by atoms with Crippen molar-refractivity contribution in [1.29, 1.82) is 5.26 Å². The van der Waals surface area contributed by atoms with Crippen LogP contribution in [0.1, 0.15) is 75.1 Å². The fourth-order valence-electron chi connectivity index (χ4n) is 4.47. The summed E-state index contributed by atoms with van der Waals surface area (Å²) in [5, 5.41) is 12.3. The van der Waals surface area contributed by atoms with Crippen LogP contribution < -0.4 is 10.1 Å². The molecule has 0 radical (unpaired) electrons. The zero-order valence-corrected chi connectivity index (χ0v) is 20.7. The van der Waals surface area contributed by atoms with Crippen LogP contribution in [0.4, 0.5) is 0 Å². The van der Waals surface area contributed by atoms with Gasteiger partial charge in [0.25, 0.3) is 5.91 Å². The summed E-state index contributed by atoms with van der Waals surface area (Å²) in [5.74, 6) is -1.29. The molecule has 1 unspecified atom stereocenters. The molecule has 2 aliphatic rings. The van der Waals surface area contributed by atoms with Gasteiger partial charge in [0.2, 0.25) is 10.0 Å². The van der Waals surface area contributed by atoms with E-state index in [0.717, 1.165) is 44.9 Å². The maximum atomic E-state index is 13.2. The van der Waals surface area contributed by atoms with E-state index >= 15 is 0 Å². The van der Waals surface area contributed by atoms with E-state index in [1.165, 1.54) is 36.5 Å². The number of amides is 1. The predicted octanol–water partition coefficient (Wildman–Crippen LogP) is 3.15. The van der Waals surface area contributed by atoms with Gasteiger partial charge in [-0.2, -0.15) is 9.57 Å². The summed E-state index contributed by atoms with van der Waals surface area (Å²) in [5.41, 5.74) is -1.03. The van der Waals surface area contributed by atoms with E-state index in [2.05, 4.69) is 11.4 Å². The molecular formula is C24H33N3O6S. The first-order chi connectivity index (χ1) is 16.2. The Morgan fingerprint density at radius 1 is 1.09 bits per heavy atom. The number of sulfonamides is 1. The topological polar surface area (TPSA) is 126 Å². The van der Waals surface area contributed by atoms with Gasteiger partial charge >= 0.3 is 5.97 Å². The van der Waals surface area contributed by atoms with Crippen LogP contribution in [0.15, 0.2) is 23.1 Å². The largest absolute Gasteiger partial charge is 0.496 e. The van der Waals surface area contributed by atoms with Gasteiger partial charge in [-0.15, -0.1) is 0 Å². The number of nitriles is 1. The highest BCUT2D eigenvalue weighted by Crippen LogP contribution is 2.29. The van der Waals surface area contributed by atoms with Crippen molar-refractivity contribution in [2.24, 2.45) is 0 Å². The summed E-state index contributed by atoms with van der Waals surface area (Å²) in [7, 11) is -2.42. The molecule has 1 N–H and O–H groups in total. The van der Waals surface area contributed by atoms with Gasteiger partial charge in [0.15, 0.2) is 6.10 Å².